The van der Waals surface area contributed by atoms with E-state index in [1.54, 1.807) is 5.57 Å². The van der Waals surface area contributed by atoms with Crippen molar-refractivity contribution in [1.29, 1.82) is 0 Å². The van der Waals surface area contributed by atoms with Crippen LogP contribution in [-0.2, 0) is 0 Å². The van der Waals surface area contributed by atoms with Gasteiger partial charge in [-0.3, -0.25) is 10.6 Å². The molecule has 0 bridgehead atoms. The molecule has 18 heavy (non-hydrogen) atoms. The third-order valence-corrected chi connectivity index (χ3v) is 4.62. The van der Waals surface area contributed by atoms with Gasteiger partial charge in [0.1, 0.15) is 6.29 Å². The molecular weight excluding hydrogens is 222 g/mol. The molecule has 3 nitrogen and oxygen atoms in total. The van der Waals surface area contributed by atoms with Crippen molar-refractivity contribution in [3.63, 3.8) is 0 Å². The highest BCUT2D eigenvalue weighted by atomic mass is 15.4. The second kappa shape index (κ2) is 4.25. The van der Waals surface area contributed by atoms with E-state index in [0.29, 0.717) is 18.4 Å². The molecule has 1 saturated carbocycles. The van der Waals surface area contributed by atoms with Crippen molar-refractivity contribution in [2.75, 3.05) is 0 Å². The van der Waals surface area contributed by atoms with Crippen LogP contribution in [0.2, 0.25) is 0 Å². The Morgan fingerprint density at radius 1 is 1.06 bits per heavy atom. The zero-order valence-corrected chi connectivity index (χ0v) is 10.7. The van der Waals surface area contributed by atoms with E-state index in [4.69, 9.17) is 0 Å². The van der Waals surface area contributed by atoms with Gasteiger partial charge in [-0.1, -0.05) is 18.6 Å². The highest BCUT2D eigenvalue weighted by molar-refractivity contribution is 5.32. The van der Waals surface area contributed by atoms with E-state index in [1.807, 2.05) is 0 Å². The highest BCUT2D eigenvalue weighted by Crippen LogP contribution is 2.31. The molecule has 1 fully saturated rings. The number of rotatable bonds is 0. The summed E-state index contributed by atoms with van der Waals surface area (Å²) in [4.78, 5) is 2.33. The molecule has 2 aliphatic heterocycles. The summed E-state index contributed by atoms with van der Waals surface area (Å²) in [6, 6.07) is 1.16. The lowest BCUT2D eigenvalue weighted by Gasteiger charge is -2.46. The number of nitrogens with zero attached hydrogens (tertiary/aromatic N) is 1. The van der Waals surface area contributed by atoms with Gasteiger partial charge in [0.2, 0.25) is 0 Å². The first-order valence-electron chi connectivity index (χ1n) is 7.28. The van der Waals surface area contributed by atoms with E-state index < -0.39 is 0 Å². The van der Waals surface area contributed by atoms with Crippen LogP contribution in [-0.4, -0.2) is 23.3 Å². The third kappa shape index (κ3) is 1.73. The Bertz CT molecular complexity index is 435. The molecule has 0 saturated heterocycles. The lowest BCUT2D eigenvalue weighted by Crippen LogP contribution is -2.63. The van der Waals surface area contributed by atoms with Gasteiger partial charge in [-0.15, -0.1) is 0 Å². The predicted octanol–water partition coefficient (Wildman–Crippen LogP) is 2.21. The number of hydrogen-bond donors (Lipinski definition) is 2. The monoisotopic (exact) mass is 243 g/mol. The summed E-state index contributed by atoms with van der Waals surface area (Å²) in [5.41, 5.74) is 3.03. The summed E-state index contributed by atoms with van der Waals surface area (Å²) in [6.07, 6.45) is 17.3. The Kier molecular flexibility index (Phi) is 2.55. The van der Waals surface area contributed by atoms with Gasteiger partial charge in [-0.05, 0) is 43.3 Å². The Balaban J connectivity index is 1.65. The van der Waals surface area contributed by atoms with Gasteiger partial charge in [0.05, 0.1) is 0 Å². The summed E-state index contributed by atoms with van der Waals surface area (Å²) < 4.78 is 0. The van der Waals surface area contributed by atoms with Crippen LogP contribution >= 0.6 is 0 Å². The first-order valence-corrected chi connectivity index (χ1v) is 7.28. The summed E-state index contributed by atoms with van der Waals surface area (Å²) in [5.74, 6) is 0. The lowest BCUT2D eigenvalue weighted by molar-refractivity contribution is 0.170. The third-order valence-electron chi connectivity index (χ3n) is 4.62. The average Bonchev–Trinajstić information content (AvgIpc) is 2.42. The summed E-state index contributed by atoms with van der Waals surface area (Å²) in [7, 11) is 0. The molecule has 2 heterocycles. The maximum absolute atomic E-state index is 3.77. The second-order valence-electron chi connectivity index (χ2n) is 5.85. The Labute approximate surface area is 109 Å². The molecule has 0 amide bonds. The molecule has 3 unspecified atom stereocenters. The number of allylic oxidation sites excluding steroid dienone is 1. The van der Waals surface area contributed by atoms with Crippen LogP contribution in [0.25, 0.3) is 0 Å². The summed E-state index contributed by atoms with van der Waals surface area (Å²) >= 11 is 0. The van der Waals surface area contributed by atoms with Gasteiger partial charge in [0.15, 0.2) is 0 Å². The largest absolute Gasteiger partial charge is 0.325 e. The zero-order valence-electron chi connectivity index (χ0n) is 10.7. The molecule has 2 aliphatic carbocycles. The van der Waals surface area contributed by atoms with Gasteiger partial charge in [-0.2, -0.15) is 0 Å². The molecule has 0 radical (unpaired) electrons. The Morgan fingerprint density at radius 3 is 3.00 bits per heavy atom. The van der Waals surface area contributed by atoms with E-state index in [2.05, 4.69) is 40.1 Å². The number of hydrogen-bond acceptors (Lipinski definition) is 3. The Morgan fingerprint density at radius 2 is 2.00 bits per heavy atom. The topological polar surface area (TPSA) is 27.3 Å². The van der Waals surface area contributed by atoms with Crippen LogP contribution in [0.5, 0.6) is 0 Å². The molecule has 3 atom stereocenters. The molecule has 96 valence electrons. The molecule has 0 aromatic carbocycles. The quantitative estimate of drug-likeness (QED) is 0.683. The normalized spacial score (nSPS) is 38.2. The van der Waals surface area contributed by atoms with Crippen LogP contribution in [0.1, 0.15) is 38.5 Å². The summed E-state index contributed by atoms with van der Waals surface area (Å²) in [5, 5.41) is 7.51. The van der Waals surface area contributed by atoms with Crippen LogP contribution in [0.3, 0.4) is 0 Å². The minimum Gasteiger partial charge on any atom is -0.325 e. The molecule has 0 aromatic heterocycles. The van der Waals surface area contributed by atoms with Crippen molar-refractivity contribution in [3.8, 4) is 0 Å². The van der Waals surface area contributed by atoms with Crippen molar-refractivity contribution in [2.24, 2.45) is 0 Å². The Hall–Kier alpha value is -1.06. The van der Waals surface area contributed by atoms with Crippen molar-refractivity contribution in [2.45, 2.75) is 56.9 Å². The minimum atomic E-state index is 0.303. The van der Waals surface area contributed by atoms with Gasteiger partial charge < -0.3 is 4.90 Å². The minimum absolute atomic E-state index is 0.303. The summed E-state index contributed by atoms with van der Waals surface area (Å²) in [6.45, 7) is 0. The zero-order chi connectivity index (χ0) is 11.9. The predicted molar refractivity (Wildman–Crippen MR) is 72.5 cm³/mol. The second-order valence-corrected chi connectivity index (χ2v) is 5.85. The van der Waals surface area contributed by atoms with Crippen LogP contribution in [0, 0.1) is 0 Å². The molecule has 0 aromatic rings. The van der Waals surface area contributed by atoms with E-state index in [9.17, 15) is 0 Å². The molecule has 0 spiro atoms. The van der Waals surface area contributed by atoms with Gasteiger partial charge in [0, 0.05) is 24.5 Å². The van der Waals surface area contributed by atoms with E-state index in [0.717, 1.165) is 0 Å². The smallest absolute Gasteiger partial charge is 0.139 e. The fraction of sp³-hybridized carbons (Fsp3) is 0.600. The SMILES string of the molecule is C1=CC2=CN3C=C4CCCCC4NC3NC2CC1. The van der Waals surface area contributed by atoms with Crippen molar-refractivity contribution in [3.05, 3.63) is 35.7 Å². The van der Waals surface area contributed by atoms with Gasteiger partial charge in [-0.25, -0.2) is 0 Å². The van der Waals surface area contributed by atoms with E-state index in [-0.39, 0.29) is 0 Å². The standard InChI is InChI=1S/C15H21N3/c1-3-7-13-11(5-1)9-18-10-12-6-2-4-8-14(12)17-15(18)16-13/h1,5,9-10,13-17H,2-4,6-8H2. The molecule has 4 aliphatic rings. The van der Waals surface area contributed by atoms with Crippen LogP contribution in [0.4, 0.5) is 0 Å². The molecular formula is C15H21N3. The fourth-order valence-electron chi connectivity index (χ4n) is 3.61. The van der Waals surface area contributed by atoms with Gasteiger partial charge >= 0.3 is 0 Å². The number of fused-ring (bicyclic) bond motifs is 3. The van der Waals surface area contributed by atoms with E-state index in [1.165, 1.54) is 44.1 Å². The lowest BCUT2D eigenvalue weighted by atomic mass is 9.88. The van der Waals surface area contributed by atoms with Gasteiger partial charge in [0.25, 0.3) is 0 Å². The molecule has 4 rings (SSSR count). The number of nitrogens with one attached hydrogen (secondary N) is 2. The van der Waals surface area contributed by atoms with Crippen LogP contribution < -0.4 is 10.6 Å². The van der Waals surface area contributed by atoms with Crippen molar-refractivity contribution < 1.29 is 0 Å². The fourth-order valence-corrected chi connectivity index (χ4v) is 3.61. The first kappa shape index (κ1) is 10.8. The maximum atomic E-state index is 3.77. The van der Waals surface area contributed by atoms with E-state index >= 15 is 0 Å². The first-order chi connectivity index (χ1) is 8.90. The molecule has 3 heteroatoms. The average molecular weight is 243 g/mol. The van der Waals surface area contributed by atoms with Crippen molar-refractivity contribution >= 4 is 0 Å². The highest BCUT2D eigenvalue weighted by Gasteiger charge is 2.33. The van der Waals surface area contributed by atoms with Crippen molar-refractivity contribution in [1.82, 2.24) is 15.5 Å². The maximum Gasteiger partial charge on any atom is 0.139 e. The van der Waals surface area contributed by atoms with Crippen LogP contribution in [0.15, 0.2) is 35.7 Å². The molecule has 2 N–H and O–H groups in total.